The highest BCUT2D eigenvalue weighted by molar-refractivity contribution is 7.14. The fourth-order valence-electron chi connectivity index (χ4n) is 1.47. The summed E-state index contributed by atoms with van der Waals surface area (Å²) in [6.07, 6.45) is 0.490. The van der Waals surface area contributed by atoms with E-state index in [1.165, 1.54) is 18.3 Å². The standard InChI is InChI=1S/C10H13N3O3S/c1-6(14)7-4-17-9(12-7)13-8(15)10(11)2-3-16-5-10/h4H,2-3,5,11H2,1H3,(H,12,13,15). The van der Waals surface area contributed by atoms with Crippen LogP contribution in [0.25, 0.3) is 0 Å². The molecular formula is C10H13N3O3S. The molecule has 3 N–H and O–H groups in total. The van der Waals surface area contributed by atoms with Crippen LogP contribution in [0.5, 0.6) is 0 Å². The molecule has 0 saturated carbocycles. The van der Waals surface area contributed by atoms with Gasteiger partial charge >= 0.3 is 0 Å². The van der Waals surface area contributed by atoms with Crippen molar-refractivity contribution in [2.24, 2.45) is 5.73 Å². The van der Waals surface area contributed by atoms with E-state index in [4.69, 9.17) is 10.5 Å². The monoisotopic (exact) mass is 255 g/mol. The number of Topliss-reactive ketones (excluding diaryl/α,β-unsaturated/α-hetero) is 1. The predicted octanol–water partition coefficient (Wildman–Crippen LogP) is 0.402. The minimum Gasteiger partial charge on any atom is -0.379 e. The van der Waals surface area contributed by atoms with E-state index in [-0.39, 0.29) is 18.3 Å². The van der Waals surface area contributed by atoms with Gasteiger partial charge in [0.25, 0.3) is 0 Å². The Morgan fingerprint density at radius 3 is 2.94 bits per heavy atom. The second-order valence-corrected chi connectivity index (χ2v) is 4.87. The van der Waals surface area contributed by atoms with E-state index < -0.39 is 5.54 Å². The maximum Gasteiger partial charge on any atom is 0.248 e. The van der Waals surface area contributed by atoms with Crippen LogP contribution in [-0.2, 0) is 9.53 Å². The topological polar surface area (TPSA) is 94.3 Å². The summed E-state index contributed by atoms with van der Waals surface area (Å²) in [5.41, 5.74) is 5.25. The predicted molar refractivity (Wildman–Crippen MR) is 63.1 cm³/mol. The Bertz CT molecular complexity index is 451. The molecule has 1 atom stereocenters. The lowest BCUT2D eigenvalue weighted by molar-refractivity contribution is -0.121. The molecule has 2 rings (SSSR count). The Morgan fingerprint density at radius 2 is 2.41 bits per heavy atom. The zero-order valence-corrected chi connectivity index (χ0v) is 10.2. The molecule has 7 heteroatoms. The fourth-order valence-corrected chi connectivity index (χ4v) is 2.22. The molecular weight excluding hydrogens is 242 g/mol. The smallest absolute Gasteiger partial charge is 0.248 e. The summed E-state index contributed by atoms with van der Waals surface area (Å²) in [6, 6.07) is 0. The molecule has 1 fully saturated rings. The number of nitrogens with zero attached hydrogens (tertiary/aromatic N) is 1. The number of aromatic nitrogens is 1. The van der Waals surface area contributed by atoms with E-state index in [1.807, 2.05) is 0 Å². The van der Waals surface area contributed by atoms with Gasteiger partial charge in [0.2, 0.25) is 5.91 Å². The van der Waals surface area contributed by atoms with E-state index in [0.29, 0.717) is 23.9 Å². The number of nitrogens with one attached hydrogen (secondary N) is 1. The van der Waals surface area contributed by atoms with Crippen LogP contribution in [0.15, 0.2) is 5.38 Å². The van der Waals surface area contributed by atoms with Crippen molar-refractivity contribution in [3.63, 3.8) is 0 Å². The van der Waals surface area contributed by atoms with Gasteiger partial charge in [0.1, 0.15) is 11.2 Å². The van der Waals surface area contributed by atoms with Crippen LogP contribution >= 0.6 is 11.3 Å². The van der Waals surface area contributed by atoms with Crippen LogP contribution in [0.2, 0.25) is 0 Å². The first-order valence-electron chi connectivity index (χ1n) is 5.16. The third-order valence-corrected chi connectivity index (χ3v) is 3.35. The molecule has 1 aliphatic rings. The minimum absolute atomic E-state index is 0.131. The van der Waals surface area contributed by atoms with Crippen molar-refractivity contribution in [2.75, 3.05) is 18.5 Å². The molecule has 1 aliphatic heterocycles. The van der Waals surface area contributed by atoms with Crippen molar-refractivity contribution in [3.8, 4) is 0 Å². The fraction of sp³-hybridized carbons (Fsp3) is 0.500. The summed E-state index contributed by atoms with van der Waals surface area (Å²) >= 11 is 1.20. The van der Waals surface area contributed by atoms with Gasteiger partial charge in [-0.05, 0) is 6.42 Å². The second-order valence-electron chi connectivity index (χ2n) is 4.01. The lowest BCUT2D eigenvalue weighted by atomic mass is 10.00. The summed E-state index contributed by atoms with van der Waals surface area (Å²) in [4.78, 5) is 26.9. The van der Waals surface area contributed by atoms with E-state index in [2.05, 4.69) is 10.3 Å². The number of ketones is 1. The zero-order chi connectivity index (χ0) is 12.5. The Hall–Kier alpha value is -1.31. The highest BCUT2D eigenvalue weighted by Gasteiger charge is 2.38. The van der Waals surface area contributed by atoms with Crippen LogP contribution in [0.4, 0.5) is 5.13 Å². The van der Waals surface area contributed by atoms with Crippen LogP contribution in [0, 0.1) is 0 Å². The van der Waals surface area contributed by atoms with Crippen molar-refractivity contribution in [3.05, 3.63) is 11.1 Å². The highest BCUT2D eigenvalue weighted by atomic mass is 32.1. The maximum absolute atomic E-state index is 11.9. The minimum atomic E-state index is -0.984. The van der Waals surface area contributed by atoms with Crippen molar-refractivity contribution < 1.29 is 14.3 Å². The number of hydrogen-bond donors (Lipinski definition) is 2. The normalized spacial score (nSPS) is 23.6. The van der Waals surface area contributed by atoms with Gasteiger partial charge in [-0.2, -0.15) is 0 Å². The van der Waals surface area contributed by atoms with Gasteiger partial charge in [0, 0.05) is 18.9 Å². The molecule has 0 radical (unpaired) electrons. The number of anilines is 1. The maximum atomic E-state index is 11.9. The summed E-state index contributed by atoms with van der Waals surface area (Å²) in [6.45, 7) is 2.13. The quantitative estimate of drug-likeness (QED) is 0.762. The van der Waals surface area contributed by atoms with Crippen molar-refractivity contribution in [1.29, 1.82) is 0 Å². The molecule has 2 heterocycles. The van der Waals surface area contributed by atoms with Gasteiger partial charge in [-0.15, -0.1) is 11.3 Å². The van der Waals surface area contributed by atoms with Gasteiger partial charge < -0.3 is 15.8 Å². The first-order chi connectivity index (χ1) is 8.01. The first-order valence-corrected chi connectivity index (χ1v) is 6.04. The van der Waals surface area contributed by atoms with Gasteiger partial charge in [-0.1, -0.05) is 0 Å². The SMILES string of the molecule is CC(=O)c1csc(NC(=O)C2(N)CCOC2)n1. The van der Waals surface area contributed by atoms with E-state index >= 15 is 0 Å². The first kappa shape index (κ1) is 12.2. The van der Waals surface area contributed by atoms with Crippen molar-refractivity contribution in [2.45, 2.75) is 18.9 Å². The van der Waals surface area contributed by atoms with Gasteiger partial charge in [-0.25, -0.2) is 4.98 Å². The molecule has 17 heavy (non-hydrogen) atoms. The Morgan fingerprint density at radius 1 is 1.65 bits per heavy atom. The lowest BCUT2D eigenvalue weighted by Gasteiger charge is -2.19. The summed E-state index contributed by atoms with van der Waals surface area (Å²) < 4.78 is 5.11. The van der Waals surface area contributed by atoms with E-state index in [9.17, 15) is 9.59 Å². The van der Waals surface area contributed by atoms with E-state index in [0.717, 1.165) is 0 Å². The number of amides is 1. The molecule has 6 nitrogen and oxygen atoms in total. The largest absolute Gasteiger partial charge is 0.379 e. The van der Waals surface area contributed by atoms with E-state index in [1.54, 1.807) is 5.38 Å². The number of carbonyl (C=O) groups is 2. The molecule has 1 aromatic rings. The third-order valence-electron chi connectivity index (χ3n) is 2.59. The molecule has 0 aliphatic carbocycles. The van der Waals surface area contributed by atoms with Crippen LogP contribution in [0.3, 0.4) is 0 Å². The average molecular weight is 255 g/mol. The molecule has 92 valence electrons. The summed E-state index contributed by atoms with van der Waals surface area (Å²) in [7, 11) is 0. The zero-order valence-electron chi connectivity index (χ0n) is 9.36. The average Bonchev–Trinajstić information content (AvgIpc) is 2.88. The third kappa shape index (κ3) is 2.51. The van der Waals surface area contributed by atoms with Crippen molar-refractivity contribution in [1.82, 2.24) is 4.98 Å². The van der Waals surface area contributed by atoms with Crippen LogP contribution in [0.1, 0.15) is 23.8 Å². The molecule has 1 aromatic heterocycles. The lowest BCUT2D eigenvalue weighted by Crippen LogP contribution is -2.51. The molecule has 0 bridgehead atoms. The van der Waals surface area contributed by atoms with Gasteiger partial charge in [-0.3, -0.25) is 9.59 Å². The van der Waals surface area contributed by atoms with Crippen molar-refractivity contribution >= 4 is 28.2 Å². The number of rotatable bonds is 3. The number of ether oxygens (including phenoxy) is 1. The molecule has 1 amide bonds. The van der Waals surface area contributed by atoms with Crippen LogP contribution in [-0.4, -0.2) is 35.4 Å². The second kappa shape index (κ2) is 4.52. The number of carbonyl (C=O) groups excluding carboxylic acids is 2. The highest BCUT2D eigenvalue weighted by Crippen LogP contribution is 2.20. The number of thiazole rings is 1. The van der Waals surface area contributed by atoms with Gasteiger partial charge in [0.05, 0.1) is 6.61 Å². The Balaban J connectivity index is 2.05. The number of nitrogens with two attached hydrogens (primary N) is 1. The Kier molecular flexibility index (Phi) is 3.23. The molecule has 0 aromatic carbocycles. The van der Waals surface area contributed by atoms with Gasteiger partial charge in [0.15, 0.2) is 10.9 Å². The number of hydrogen-bond acceptors (Lipinski definition) is 6. The summed E-state index contributed by atoms with van der Waals surface area (Å²) in [5, 5.41) is 4.60. The molecule has 1 saturated heterocycles. The van der Waals surface area contributed by atoms with Crippen LogP contribution < -0.4 is 11.1 Å². The molecule has 1 unspecified atom stereocenters. The Labute approximate surface area is 102 Å². The summed E-state index contributed by atoms with van der Waals surface area (Å²) in [5.74, 6) is -0.451. The molecule has 0 spiro atoms.